The van der Waals surface area contributed by atoms with Crippen LogP contribution in [0.3, 0.4) is 0 Å². The Morgan fingerprint density at radius 3 is 2.56 bits per heavy atom. The Labute approximate surface area is 96.7 Å². The van der Waals surface area contributed by atoms with Gasteiger partial charge in [0.1, 0.15) is 11.5 Å². The van der Waals surface area contributed by atoms with Gasteiger partial charge in [-0.25, -0.2) is 0 Å². The monoisotopic (exact) mass is 212 g/mol. The standard InChI is InChI=1S/C15H16O/c1-3-13-8-6-9-14(11-13)16-15-10-5-4-7-12(15)2/h4-11H,3H2,1-2H3. The third-order valence-corrected chi connectivity index (χ3v) is 2.63. The highest BCUT2D eigenvalue weighted by Gasteiger charge is 2.00. The Bertz CT molecular complexity index is 474. The minimum atomic E-state index is 0.911. The summed E-state index contributed by atoms with van der Waals surface area (Å²) in [5.74, 6) is 1.84. The molecule has 0 atom stereocenters. The van der Waals surface area contributed by atoms with Gasteiger partial charge in [-0.15, -0.1) is 0 Å². The Hall–Kier alpha value is -1.76. The van der Waals surface area contributed by atoms with Crippen molar-refractivity contribution in [3.05, 3.63) is 59.7 Å². The second-order valence-corrected chi connectivity index (χ2v) is 3.87. The number of benzene rings is 2. The van der Waals surface area contributed by atoms with Gasteiger partial charge >= 0.3 is 0 Å². The molecule has 0 aliphatic carbocycles. The van der Waals surface area contributed by atoms with E-state index in [0.29, 0.717) is 0 Å². The SMILES string of the molecule is CCc1cccc(Oc2ccccc2C)c1. The molecule has 1 nitrogen and oxygen atoms in total. The van der Waals surface area contributed by atoms with Gasteiger partial charge in [0.2, 0.25) is 0 Å². The average molecular weight is 212 g/mol. The van der Waals surface area contributed by atoms with Crippen LogP contribution in [0.15, 0.2) is 48.5 Å². The highest BCUT2D eigenvalue weighted by molar-refractivity contribution is 5.38. The lowest BCUT2D eigenvalue weighted by Gasteiger charge is -2.09. The van der Waals surface area contributed by atoms with E-state index in [-0.39, 0.29) is 0 Å². The van der Waals surface area contributed by atoms with E-state index in [0.717, 1.165) is 23.5 Å². The van der Waals surface area contributed by atoms with E-state index in [4.69, 9.17) is 4.74 Å². The molecular weight excluding hydrogens is 196 g/mol. The van der Waals surface area contributed by atoms with Crippen LogP contribution in [0.5, 0.6) is 11.5 Å². The maximum absolute atomic E-state index is 5.85. The molecule has 0 amide bonds. The zero-order chi connectivity index (χ0) is 11.4. The predicted octanol–water partition coefficient (Wildman–Crippen LogP) is 4.35. The molecule has 16 heavy (non-hydrogen) atoms. The number of hydrogen-bond acceptors (Lipinski definition) is 1. The van der Waals surface area contributed by atoms with Crippen LogP contribution in [0.1, 0.15) is 18.1 Å². The largest absolute Gasteiger partial charge is 0.457 e. The van der Waals surface area contributed by atoms with Crippen molar-refractivity contribution < 1.29 is 4.74 Å². The number of aryl methyl sites for hydroxylation is 2. The molecule has 0 aliphatic heterocycles. The quantitative estimate of drug-likeness (QED) is 0.735. The maximum atomic E-state index is 5.85. The van der Waals surface area contributed by atoms with Gasteiger partial charge < -0.3 is 4.74 Å². The highest BCUT2D eigenvalue weighted by atomic mass is 16.5. The minimum absolute atomic E-state index is 0.911. The molecule has 2 aromatic rings. The lowest BCUT2D eigenvalue weighted by Crippen LogP contribution is -1.88. The molecule has 82 valence electrons. The molecule has 0 saturated heterocycles. The lowest BCUT2D eigenvalue weighted by atomic mass is 10.1. The zero-order valence-corrected chi connectivity index (χ0v) is 9.73. The van der Waals surface area contributed by atoms with Gasteiger partial charge in [-0.2, -0.15) is 0 Å². The van der Waals surface area contributed by atoms with Gasteiger partial charge in [-0.3, -0.25) is 0 Å². The maximum Gasteiger partial charge on any atom is 0.130 e. The van der Waals surface area contributed by atoms with Crippen molar-refractivity contribution in [3.8, 4) is 11.5 Å². The van der Waals surface area contributed by atoms with Gasteiger partial charge in [0.15, 0.2) is 0 Å². The fraction of sp³-hybridized carbons (Fsp3) is 0.200. The molecule has 0 radical (unpaired) electrons. The highest BCUT2D eigenvalue weighted by Crippen LogP contribution is 2.25. The van der Waals surface area contributed by atoms with Crippen molar-refractivity contribution in [2.75, 3.05) is 0 Å². The van der Waals surface area contributed by atoms with E-state index in [9.17, 15) is 0 Å². The van der Waals surface area contributed by atoms with Gasteiger partial charge in [-0.05, 0) is 42.7 Å². The topological polar surface area (TPSA) is 9.23 Å². The summed E-state index contributed by atoms with van der Waals surface area (Å²) in [6.07, 6.45) is 1.03. The van der Waals surface area contributed by atoms with Crippen LogP contribution in [-0.2, 0) is 6.42 Å². The third kappa shape index (κ3) is 2.43. The van der Waals surface area contributed by atoms with Crippen LogP contribution in [0.25, 0.3) is 0 Å². The first-order valence-corrected chi connectivity index (χ1v) is 5.62. The Morgan fingerprint density at radius 2 is 1.81 bits per heavy atom. The summed E-state index contributed by atoms with van der Waals surface area (Å²) < 4.78 is 5.85. The Morgan fingerprint density at radius 1 is 1.00 bits per heavy atom. The number of ether oxygens (including phenoxy) is 1. The first-order valence-electron chi connectivity index (χ1n) is 5.62. The summed E-state index contributed by atoms with van der Waals surface area (Å²) in [5.41, 5.74) is 2.45. The van der Waals surface area contributed by atoms with Crippen LogP contribution >= 0.6 is 0 Å². The molecular formula is C15H16O. The van der Waals surface area contributed by atoms with E-state index in [2.05, 4.69) is 32.0 Å². The second kappa shape index (κ2) is 4.84. The number of rotatable bonds is 3. The number of hydrogen-bond donors (Lipinski definition) is 0. The molecule has 0 unspecified atom stereocenters. The summed E-state index contributed by atoms with van der Waals surface area (Å²) in [6, 6.07) is 16.3. The third-order valence-electron chi connectivity index (χ3n) is 2.63. The summed E-state index contributed by atoms with van der Waals surface area (Å²) in [5, 5.41) is 0. The fourth-order valence-corrected chi connectivity index (χ4v) is 1.63. The smallest absolute Gasteiger partial charge is 0.130 e. The van der Waals surface area contributed by atoms with Crippen LogP contribution < -0.4 is 4.74 Å². The van der Waals surface area contributed by atoms with Crippen molar-refractivity contribution in [2.45, 2.75) is 20.3 Å². The average Bonchev–Trinajstić information content (AvgIpc) is 2.32. The van der Waals surface area contributed by atoms with Gasteiger partial charge in [0.05, 0.1) is 0 Å². The summed E-state index contributed by atoms with van der Waals surface area (Å²) in [4.78, 5) is 0. The van der Waals surface area contributed by atoms with Gasteiger partial charge in [-0.1, -0.05) is 37.3 Å². The molecule has 0 saturated carbocycles. The van der Waals surface area contributed by atoms with Gasteiger partial charge in [0, 0.05) is 0 Å². The fourth-order valence-electron chi connectivity index (χ4n) is 1.63. The molecule has 0 aliphatic rings. The summed E-state index contributed by atoms with van der Waals surface area (Å²) >= 11 is 0. The van der Waals surface area contributed by atoms with Crippen molar-refractivity contribution in [3.63, 3.8) is 0 Å². The molecule has 0 aromatic heterocycles. The normalized spacial score (nSPS) is 10.1. The summed E-state index contributed by atoms with van der Waals surface area (Å²) in [7, 11) is 0. The second-order valence-electron chi connectivity index (χ2n) is 3.87. The van der Waals surface area contributed by atoms with Crippen molar-refractivity contribution in [1.29, 1.82) is 0 Å². The van der Waals surface area contributed by atoms with E-state index >= 15 is 0 Å². The van der Waals surface area contributed by atoms with Crippen molar-refractivity contribution in [1.82, 2.24) is 0 Å². The Kier molecular flexibility index (Phi) is 3.25. The first kappa shape index (κ1) is 10.7. The molecule has 1 heteroatoms. The van der Waals surface area contributed by atoms with Crippen molar-refractivity contribution in [2.24, 2.45) is 0 Å². The molecule has 0 heterocycles. The summed E-state index contributed by atoms with van der Waals surface area (Å²) in [6.45, 7) is 4.20. The van der Waals surface area contributed by atoms with E-state index in [1.807, 2.05) is 30.3 Å². The molecule has 0 N–H and O–H groups in total. The van der Waals surface area contributed by atoms with Crippen LogP contribution in [0.2, 0.25) is 0 Å². The zero-order valence-electron chi connectivity index (χ0n) is 9.73. The van der Waals surface area contributed by atoms with Crippen molar-refractivity contribution >= 4 is 0 Å². The van der Waals surface area contributed by atoms with Crippen LogP contribution in [0, 0.1) is 6.92 Å². The molecule has 2 aromatic carbocycles. The van der Waals surface area contributed by atoms with Crippen LogP contribution in [0.4, 0.5) is 0 Å². The van der Waals surface area contributed by atoms with E-state index in [1.165, 1.54) is 5.56 Å². The number of para-hydroxylation sites is 1. The predicted molar refractivity (Wildman–Crippen MR) is 67.1 cm³/mol. The Balaban J connectivity index is 2.24. The van der Waals surface area contributed by atoms with Crippen LogP contribution in [-0.4, -0.2) is 0 Å². The minimum Gasteiger partial charge on any atom is -0.457 e. The molecule has 0 fully saturated rings. The van der Waals surface area contributed by atoms with Gasteiger partial charge in [0.25, 0.3) is 0 Å². The molecule has 0 bridgehead atoms. The van der Waals surface area contributed by atoms with E-state index in [1.54, 1.807) is 0 Å². The lowest BCUT2D eigenvalue weighted by molar-refractivity contribution is 0.478. The van der Waals surface area contributed by atoms with E-state index < -0.39 is 0 Å². The molecule has 2 rings (SSSR count). The first-order chi connectivity index (χ1) is 7.79. The molecule has 0 spiro atoms.